The van der Waals surface area contributed by atoms with Crippen molar-refractivity contribution in [1.82, 2.24) is 25.1 Å². The molecule has 0 bridgehead atoms. The fourth-order valence-corrected chi connectivity index (χ4v) is 2.95. The Kier molecular flexibility index (Phi) is 4.12. The van der Waals surface area contributed by atoms with Gasteiger partial charge < -0.3 is 9.80 Å². The van der Waals surface area contributed by atoms with E-state index in [2.05, 4.69) is 25.1 Å². The minimum absolute atomic E-state index is 0.0199. The highest BCUT2D eigenvalue weighted by molar-refractivity contribution is 5.93. The van der Waals surface area contributed by atoms with Crippen molar-refractivity contribution in [2.24, 2.45) is 0 Å². The highest BCUT2D eigenvalue weighted by Gasteiger charge is 2.24. The Morgan fingerprint density at radius 1 is 1.04 bits per heavy atom. The van der Waals surface area contributed by atoms with Crippen molar-refractivity contribution < 1.29 is 4.79 Å². The largest absolute Gasteiger partial charge is 0.352 e. The van der Waals surface area contributed by atoms with Gasteiger partial charge >= 0.3 is 0 Å². The molecule has 7 heteroatoms. The fourth-order valence-electron chi connectivity index (χ4n) is 2.95. The Bertz CT molecular complexity index is 840. The number of H-pyrrole nitrogens is 1. The van der Waals surface area contributed by atoms with Crippen LogP contribution in [0.4, 0.5) is 5.82 Å². The number of carbonyl (C=O) groups is 1. The molecule has 0 spiro atoms. The van der Waals surface area contributed by atoms with Crippen molar-refractivity contribution in [3.63, 3.8) is 0 Å². The summed E-state index contributed by atoms with van der Waals surface area (Å²) in [4.78, 5) is 25.1. The smallest absolute Gasteiger partial charge is 0.272 e. The van der Waals surface area contributed by atoms with Crippen LogP contribution in [0.2, 0.25) is 0 Å². The number of amides is 1. The molecule has 126 valence electrons. The lowest BCUT2D eigenvalue weighted by Gasteiger charge is -2.34. The van der Waals surface area contributed by atoms with Gasteiger partial charge in [-0.15, -0.1) is 0 Å². The summed E-state index contributed by atoms with van der Waals surface area (Å²) < 4.78 is 0. The first-order valence-electron chi connectivity index (χ1n) is 8.22. The monoisotopic (exact) mass is 334 g/mol. The summed E-state index contributed by atoms with van der Waals surface area (Å²) in [6.07, 6.45) is 5.09. The van der Waals surface area contributed by atoms with Crippen LogP contribution in [0.5, 0.6) is 0 Å². The van der Waals surface area contributed by atoms with Crippen LogP contribution < -0.4 is 4.90 Å². The number of nitrogens with one attached hydrogen (secondary N) is 1. The zero-order chi connectivity index (χ0) is 17.1. The zero-order valence-electron chi connectivity index (χ0n) is 13.7. The average molecular weight is 334 g/mol. The van der Waals surface area contributed by atoms with Gasteiger partial charge in [0.2, 0.25) is 0 Å². The minimum Gasteiger partial charge on any atom is -0.352 e. The lowest BCUT2D eigenvalue weighted by Crippen LogP contribution is -2.49. The predicted molar refractivity (Wildman–Crippen MR) is 94.2 cm³/mol. The number of aromatic nitrogens is 4. The molecule has 1 aliphatic heterocycles. The van der Waals surface area contributed by atoms with Crippen LogP contribution >= 0.6 is 0 Å². The van der Waals surface area contributed by atoms with Gasteiger partial charge in [-0.2, -0.15) is 5.10 Å². The Balaban J connectivity index is 1.42. The lowest BCUT2D eigenvalue weighted by atomic mass is 10.1. The summed E-state index contributed by atoms with van der Waals surface area (Å²) in [5.74, 6) is 0.830. The molecule has 1 saturated heterocycles. The van der Waals surface area contributed by atoms with Crippen LogP contribution in [-0.4, -0.2) is 57.2 Å². The third kappa shape index (κ3) is 3.21. The molecule has 0 radical (unpaired) electrons. The van der Waals surface area contributed by atoms with E-state index in [-0.39, 0.29) is 5.91 Å². The second-order valence-electron chi connectivity index (χ2n) is 5.88. The summed E-state index contributed by atoms with van der Waals surface area (Å²) in [6, 6.07) is 11.6. The van der Waals surface area contributed by atoms with Crippen LogP contribution in [0.1, 0.15) is 10.5 Å². The molecular formula is C18H18N6O. The Morgan fingerprint density at radius 3 is 2.56 bits per heavy atom. The molecule has 1 fully saturated rings. The number of hydrogen-bond acceptors (Lipinski definition) is 5. The quantitative estimate of drug-likeness (QED) is 0.791. The van der Waals surface area contributed by atoms with E-state index in [0.29, 0.717) is 18.8 Å². The van der Waals surface area contributed by atoms with Gasteiger partial charge in [-0.3, -0.25) is 14.9 Å². The van der Waals surface area contributed by atoms with E-state index < -0.39 is 0 Å². The van der Waals surface area contributed by atoms with Crippen molar-refractivity contribution in [3.8, 4) is 11.3 Å². The molecule has 1 amide bonds. The first kappa shape index (κ1) is 15.3. The van der Waals surface area contributed by atoms with E-state index in [1.165, 1.54) is 0 Å². The molecule has 0 aliphatic carbocycles. The molecule has 3 aromatic rings. The third-order valence-electron chi connectivity index (χ3n) is 4.32. The number of aromatic amines is 1. The fraction of sp³-hybridized carbons (Fsp3) is 0.222. The number of nitrogens with zero attached hydrogens (tertiary/aromatic N) is 5. The number of piperazine rings is 1. The molecule has 1 N–H and O–H groups in total. The second-order valence-corrected chi connectivity index (χ2v) is 5.88. The Labute approximate surface area is 145 Å². The van der Waals surface area contributed by atoms with E-state index in [4.69, 9.17) is 0 Å². The topological polar surface area (TPSA) is 78.0 Å². The number of benzene rings is 1. The first-order valence-corrected chi connectivity index (χ1v) is 8.22. The number of anilines is 1. The summed E-state index contributed by atoms with van der Waals surface area (Å²) in [7, 11) is 0. The number of rotatable bonds is 3. The first-order chi connectivity index (χ1) is 12.3. The maximum absolute atomic E-state index is 12.7. The normalized spacial score (nSPS) is 14.6. The van der Waals surface area contributed by atoms with Crippen LogP contribution in [-0.2, 0) is 0 Å². The van der Waals surface area contributed by atoms with E-state index in [1.54, 1.807) is 18.6 Å². The molecule has 7 nitrogen and oxygen atoms in total. The Morgan fingerprint density at radius 2 is 1.84 bits per heavy atom. The highest BCUT2D eigenvalue weighted by Crippen LogP contribution is 2.18. The van der Waals surface area contributed by atoms with Crippen LogP contribution in [0.15, 0.2) is 55.0 Å². The summed E-state index contributed by atoms with van der Waals surface area (Å²) >= 11 is 0. The lowest BCUT2D eigenvalue weighted by molar-refractivity contribution is 0.0740. The molecule has 0 unspecified atom stereocenters. The molecular weight excluding hydrogens is 316 g/mol. The van der Waals surface area contributed by atoms with Gasteiger partial charge in [0.05, 0.1) is 11.9 Å². The second kappa shape index (κ2) is 6.72. The number of carbonyl (C=O) groups excluding carboxylic acids is 1. The van der Waals surface area contributed by atoms with Crippen molar-refractivity contribution >= 4 is 11.7 Å². The summed E-state index contributed by atoms with van der Waals surface area (Å²) in [6.45, 7) is 2.78. The minimum atomic E-state index is -0.0199. The predicted octanol–water partition coefficient (Wildman–Crippen LogP) is 1.83. The SMILES string of the molecule is O=C(c1cc(-c2ccccc2)n[nH]1)N1CCN(c2cnccn2)CC1. The van der Waals surface area contributed by atoms with Gasteiger partial charge in [0, 0.05) is 44.1 Å². The molecule has 2 aromatic heterocycles. The maximum atomic E-state index is 12.7. The highest BCUT2D eigenvalue weighted by atomic mass is 16.2. The van der Waals surface area contributed by atoms with Gasteiger partial charge in [-0.1, -0.05) is 30.3 Å². The van der Waals surface area contributed by atoms with Gasteiger partial charge in [0.25, 0.3) is 5.91 Å². The molecule has 0 atom stereocenters. The van der Waals surface area contributed by atoms with Crippen molar-refractivity contribution in [2.45, 2.75) is 0 Å². The van der Waals surface area contributed by atoms with Crippen LogP contribution in [0.25, 0.3) is 11.3 Å². The van der Waals surface area contributed by atoms with E-state index in [0.717, 1.165) is 30.2 Å². The Hall–Kier alpha value is -3.22. The van der Waals surface area contributed by atoms with Gasteiger partial charge in [-0.25, -0.2) is 4.98 Å². The summed E-state index contributed by atoms with van der Waals surface area (Å²) in [5.41, 5.74) is 2.29. The molecule has 4 rings (SSSR count). The van der Waals surface area contributed by atoms with Gasteiger partial charge in [-0.05, 0) is 6.07 Å². The van der Waals surface area contributed by atoms with Crippen LogP contribution in [0, 0.1) is 0 Å². The zero-order valence-corrected chi connectivity index (χ0v) is 13.7. The molecule has 0 saturated carbocycles. The maximum Gasteiger partial charge on any atom is 0.272 e. The molecule has 3 heterocycles. The van der Waals surface area contributed by atoms with E-state index in [1.807, 2.05) is 41.3 Å². The molecule has 1 aromatic carbocycles. The molecule has 1 aliphatic rings. The van der Waals surface area contributed by atoms with E-state index in [9.17, 15) is 4.79 Å². The van der Waals surface area contributed by atoms with Gasteiger partial charge in [0.15, 0.2) is 0 Å². The third-order valence-corrected chi connectivity index (χ3v) is 4.32. The van der Waals surface area contributed by atoms with Crippen molar-refractivity contribution in [3.05, 3.63) is 60.7 Å². The number of hydrogen-bond donors (Lipinski definition) is 1. The summed E-state index contributed by atoms with van der Waals surface area (Å²) in [5, 5.41) is 7.13. The van der Waals surface area contributed by atoms with E-state index >= 15 is 0 Å². The molecule has 25 heavy (non-hydrogen) atoms. The van der Waals surface area contributed by atoms with Crippen LogP contribution in [0.3, 0.4) is 0 Å². The average Bonchev–Trinajstić information content (AvgIpc) is 3.19. The standard InChI is InChI=1S/C18H18N6O/c25-18(16-12-15(21-22-16)14-4-2-1-3-5-14)24-10-8-23(9-11-24)17-13-19-6-7-20-17/h1-7,12-13H,8-11H2,(H,21,22). The van der Waals surface area contributed by atoms with Crippen molar-refractivity contribution in [1.29, 1.82) is 0 Å². The van der Waals surface area contributed by atoms with Gasteiger partial charge in [0.1, 0.15) is 11.5 Å². The van der Waals surface area contributed by atoms with Crippen molar-refractivity contribution in [2.75, 3.05) is 31.1 Å².